The third-order valence-corrected chi connectivity index (χ3v) is 6.99. The number of benzene rings is 1. The second-order valence-electron chi connectivity index (χ2n) is 8.15. The standard InChI is InChI=1S/C24H30N4O5S/c1-4-33-24(32)19-15(2)20(22(31)25-3)34-23(19)27-18(29)14-28-12-10-17(11-13-28)26-21(30)16-8-6-5-7-9-16/h5-9,17H,4,10-14H2,1-3H3,(H,25,31)(H,26,30)(H,27,29)/p+1. The summed E-state index contributed by atoms with van der Waals surface area (Å²) >= 11 is 1.07. The van der Waals surface area contributed by atoms with Gasteiger partial charge in [-0.05, 0) is 31.5 Å². The van der Waals surface area contributed by atoms with Crippen LogP contribution in [0.3, 0.4) is 0 Å². The topological polar surface area (TPSA) is 118 Å². The Labute approximate surface area is 202 Å². The smallest absolute Gasteiger partial charge is 0.341 e. The van der Waals surface area contributed by atoms with E-state index >= 15 is 0 Å². The highest BCUT2D eigenvalue weighted by Gasteiger charge is 2.29. The van der Waals surface area contributed by atoms with Crippen molar-refractivity contribution in [1.82, 2.24) is 10.6 Å². The van der Waals surface area contributed by atoms with Crippen LogP contribution in [0.4, 0.5) is 5.00 Å². The summed E-state index contributed by atoms with van der Waals surface area (Å²) in [5, 5.41) is 8.75. The fourth-order valence-electron chi connectivity index (χ4n) is 3.98. The zero-order valence-corrected chi connectivity index (χ0v) is 20.5. The van der Waals surface area contributed by atoms with Crippen LogP contribution in [0.2, 0.25) is 0 Å². The lowest BCUT2D eigenvalue weighted by Crippen LogP contribution is -3.14. The van der Waals surface area contributed by atoms with Gasteiger partial charge >= 0.3 is 5.97 Å². The summed E-state index contributed by atoms with van der Waals surface area (Å²) in [6, 6.07) is 9.18. The van der Waals surface area contributed by atoms with Crippen molar-refractivity contribution in [3.8, 4) is 0 Å². The molecule has 182 valence electrons. The monoisotopic (exact) mass is 487 g/mol. The Hall–Kier alpha value is -3.24. The number of thiophene rings is 1. The van der Waals surface area contributed by atoms with Crippen LogP contribution >= 0.6 is 11.3 Å². The SMILES string of the molecule is CCOC(=O)c1c(NC(=O)C[NH+]2CCC(NC(=O)c3ccccc3)CC2)sc(C(=O)NC)c1C. The normalized spacial score (nSPS) is 17.5. The van der Waals surface area contributed by atoms with Crippen LogP contribution in [0.1, 0.15) is 55.7 Å². The maximum Gasteiger partial charge on any atom is 0.341 e. The maximum absolute atomic E-state index is 12.8. The Morgan fingerprint density at radius 2 is 1.76 bits per heavy atom. The first kappa shape index (κ1) is 25.4. The van der Waals surface area contributed by atoms with Gasteiger partial charge in [0.25, 0.3) is 17.7 Å². The van der Waals surface area contributed by atoms with Crippen molar-refractivity contribution in [3.05, 3.63) is 51.9 Å². The molecular formula is C24H31N4O5S+. The molecule has 0 radical (unpaired) electrons. The number of carbonyl (C=O) groups excluding carboxylic acids is 4. The van der Waals surface area contributed by atoms with E-state index in [1.54, 1.807) is 26.0 Å². The second-order valence-corrected chi connectivity index (χ2v) is 9.17. The number of ether oxygens (including phenoxy) is 1. The third kappa shape index (κ3) is 6.21. The highest BCUT2D eigenvalue weighted by Crippen LogP contribution is 2.33. The van der Waals surface area contributed by atoms with Gasteiger partial charge in [-0.2, -0.15) is 0 Å². The lowest BCUT2D eigenvalue weighted by molar-refractivity contribution is -0.897. The van der Waals surface area contributed by atoms with Gasteiger partial charge in [-0.25, -0.2) is 4.79 Å². The molecule has 1 fully saturated rings. The molecule has 34 heavy (non-hydrogen) atoms. The summed E-state index contributed by atoms with van der Waals surface area (Å²) in [5.74, 6) is -1.21. The van der Waals surface area contributed by atoms with E-state index in [0.717, 1.165) is 42.2 Å². The molecule has 0 unspecified atom stereocenters. The van der Waals surface area contributed by atoms with Gasteiger partial charge in [0.15, 0.2) is 6.54 Å². The fraction of sp³-hybridized carbons (Fsp3) is 0.417. The number of hydrogen-bond acceptors (Lipinski definition) is 6. The number of quaternary nitrogens is 1. The number of nitrogens with one attached hydrogen (secondary N) is 4. The van der Waals surface area contributed by atoms with Gasteiger partial charge in [-0.15, -0.1) is 11.3 Å². The highest BCUT2D eigenvalue weighted by atomic mass is 32.1. The van der Waals surface area contributed by atoms with E-state index in [1.807, 2.05) is 18.2 Å². The summed E-state index contributed by atoms with van der Waals surface area (Å²) in [6.45, 7) is 5.27. The Morgan fingerprint density at radius 1 is 1.09 bits per heavy atom. The molecule has 1 aromatic heterocycles. The van der Waals surface area contributed by atoms with Crippen molar-refractivity contribution in [2.24, 2.45) is 0 Å². The summed E-state index contributed by atoms with van der Waals surface area (Å²) < 4.78 is 5.13. The number of amides is 3. The zero-order chi connectivity index (χ0) is 24.7. The molecule has 3 rings (SSSR count). The summed E-state index contributed by atoms with van der Waals surface area (Å²) in [4.78, 5) is 51.2. The molecule has 0 saturated carbocycles. The molecule has 1 aliphatic heterocycles. The molecule has 3 amide bonds. The third-order valence-electron chi connectivity index (χ3n) is 5.79. The highest BCUT2D eigenvalue weighted by molar-refractivity contribution is 7.18. The minimum Gasteiger partial charge on any atom is -0.462 e. The summed E-state index contributed by atoms with van der Waals surface area (Å²) in [6.07, 6.45) is 1.54. The molecule has 1 saturated heterocycles. The summed E-state index contributed by atoms with van der Waals surface area (Å²) in [5.41, 5.74) is 1.34. The molecule has 2 aromatic rings. The van der Waals surface area contributed by atoms with E-state index in [-0.39, 0.29) is 42.5 Å². The van der Waals surface area contributed by atoms with Gasteiger partial charge in [0.2, 0.25) is 0 Å². The van der Waals surface area contributed by atoms with Crippen LogP contribution in [0.15, 0.2) is 30.3 Å². The van der Waals surface area contributed by atoms with Gasteiger partial charge in [0.05, 0.1) is 30.1 Å². The van der Waals surface area contributed by atoms with Crippen LogP contribution < -0.4 is 20.9 Å². The average Bonchev–Trinajstić information content (AvgIpc) is 3.15. The Morgan fingerprint density at radius 3 is 2.38 bits per heavy atom. The maximum atomic E-state index is 12.8. The molecule has 0 atom stereocenters. The predicted octanol–water partition coefficient (Wildman–Crippen LogP) is 1.01. The first-order valence-corrected chi connectivity index (χ1v) is 12.2. The Balaban J connectivity index is 1.57. The molecule has 9 nitrogen and oxygen atoms in total. The largest absolute Gasteiger partial charge is 0.462 e. The lowest BCUT2D eigenvalue weighted by atomic mass is 10.0. The van der Waals surface area contributed by atoms with Crippen LogP contribution in [0, 0.1) is 6.92 Å². The minimum atomic E-state index is -0.566. The number of esters is 1. The number of anilines is 1. The number of piperidine rings is 1. The van der Waals surface area contributed by atoms with E-state index in [4.69, 9.17) is 4.74 Å². The first-order valence-electron chi connectivity index (χ1n) is 11.4. The van der Waals surface area contributed by atoms with Crippen molar-refractivity contribution in [3.63, 3.8) is 0 Å². The van der Waals surface area contributed by atoms with Crippen molar-refractivity contribution >= 4 is 40.0 Å². The molecular weight excluding hydrogens is 456 g/mol. The van der Waals surface area contributed by atoms with E-state index in [0.29, 0.717) is 21.0 Å². The van der Waals surface area contributed by atoms with Crippen LogP contribution in [0.5, 0.6) is 0 Å². The van der Waals surface area contributed by atoms with Crippen molar-refractivity contribution in [2.45, 2.75) is 32.7 Å². The first-order chi connectivity index (χ1) is 16.3. The zero-order valence-electron chi connectivity index (χ0n) is 19.7. The molecule has 4 N–H and O–H groups in total. The van der Waals surface area contributed by atoms with Crippen LogP contribution in [-0.4, -0.2) is 63.0 Å². The lowest BCUT2D eigenvalue weighted by Gasteiger charge is -2.29. The number of likely N-dealkylation sites (tertiary alicyclic amines) is 1. The van der Waals surface area contributed by atoms with Gasteiger partial charge < -0.3 is 25.6 Å². The molecule has 0 spiro atoms. The van der Waals surface area contributed by atoms with E-state index in [2.05, 4.69) is 16.0 Å². The predicted molar refractivity (Wildman–Crippen MR) is 130 cm³/mol. The second kappa shape index (κ2) is 11.8. The van der Waals surface area contributed by atoms with E-state index < -0.39 is 5.97 Å². The van der Waals surface area contributed by atoms with Crippen LogP contribution in [0.25, 0.3) is 0 Å². The van der Waals surface area contributed by atoms with Crippen LogP contribution in [-0.2, 0) is 9.53 Å². The van der Waals surface area contributed by atoms with Crippen molar-refractivity contribution in [2.75, 3.05) is 38.6 Å². The fourth-order valence-corrected chi connectivity index (χ4v) is 5.14. The minimum absolute atomic E-state index is 0.0741. The van der Waals surface area contributed by atoms with Gasteiger partial charge in [0, 0.05) is 31.5 Å². The molecule has 1 aromatic carbocycles. The molecule has 1 aliphatic rings. The van der Waals surface area contributed by atoms with Crippen molar-refractivity contribution in [1.29, 1.82) is 0 Å². The molecule has 10 heteroatoms. The Kier molecular flexibility index (Phi) is 8.78. The molecule has 2 heterocycles. The molecule has 0 bridgehead atoms. The summed E-state index contributed by atoms with van der Waals surface area (Å²) in [7, 11) is 1.51. The number of rotatable bonds is 8. The van der Waals surface area contributed by atoms with Gasteiger partial charge in [-0.3, -0.25) is 14.4 Å². The van der Waals surface area contributed by atoms with E-state index in [9.17, 15) is 19.2 Å². The Bertz CT molecular complexity index is 1050. The quantitative estimate of drug-likeness (QED) is 0.415. The van der Waals surface area contributed by atoms with Crippen molar-refractivity contribution < 1.29 is 28.8 Å². The average molecular weight is 488 g/mol. The number of carbonyl (C=O) groups is 4. The van der Waals surface area contributed by atoms with Gasteiger partial charge in [-0.1, -0.05) is 18.2 Å². The van der Waals surface area contributed by atoms with E-state index in [1.165, 1.54) is 7.05 Å². The molecule has 0 aliphatic carbocycles. The number of hydrogen-bond donors (Lipinski definition) is 4. The van der Waals surface area contributed by atoms with Gasteiger partial charge in [0.1, 0.15) is 5.00 Å².